The van der Waals surface area contributed by atoms with Crippen molar-refractivity contribution >= 4 is 34.8 Å². The number of nitrogens with two attached hydrogens (primary N) is 1. The van der Waals surface area contributed by atoms with Gasteiger partial charge in [0.1, 0.15) is 0 Å². The molecule has 0 aliphatic carbocycles. The van der Waals surface area contributed by atoms with Crippen molar-refractivity contribution in [1.29, 1.82) is 0 Å². The van der Waals surface area contributed by atoms with Crippen LogP contribution in [0.25, 0.3) is 0 Å². The molecule has 1 fully saturated rings. The Morgan fingerprint density at radius 1 is 1.10 bits per heavy atom. The topological polar surface area (TPSA) is 86.9 Å². The molecule has 0 aromatic heterocycles. The zero-order valence-electron chi connectivity index (χ0n) is 17.6. The van der Waals surface area contributed by atoms with Crippen molar-refractivity contribution in [2.75, 3.05) is 48.1 Å². The average molecular weight is 437 g/mol. The molecule has 2 aliphatic heterocycles. The van der Waals surface area contributed by atoms with Gasteiger partial charge in [0.25, 0.3) is 0 Å². The molecule has 0 radical (unpaired) electrons. The predicted octanol–water partition coefficient (Wildman–Crippen LogP) is 3.51. The minimum atomic E-state index is 0.512. The van der Waals surface area contributed by atoms with Crippen LogP contribution < -0.4 is 26.6 Å². The molecule has 0 amide bonds. The molecule has 7 nitrogen and oxygen atoms in total. The molecular formula is C23H28N6OS. The SMILES string of the molecule is CSC1=CNC(Nc2ccc(N3CCOCC3)cc2)=NC=C1Nc1cccc(CN)c1. The maximum atomic E-state index is 5.77. The molecule has 0 spiro atoms. The first-order valence-electron chi connectivity index (χ1n) is 10.3. The number of guanidine groups is 1. The quantitative estimate of drug-likeness (QED) is 0.551. The van der Waals surface area contributed by atoms with Crippen LogP contribution in [0.4, 0.5) is 17.1 Å². The van der Waals surface area contributed by atoms with Crippen LogP contribution in [0.5, 0.6) is 0 Å². The molecule has 8 heteroatoms. The monoisotopic (exact) mass is 436 g/mol. The number of aliphatic imine (C=N–C) groups is 1. The summed E-state index contributed by atoms with van der Waals surface area (Å²) in [6.07, 6.45) is 5.83. The van der Waals surface area contributed by atoms with Gasteiger partial charge < -0.3 is 31.3 Å². The summed E-state index contributed by atoms with van der Waals surface area (Å²) >= 11 is 1.65. The normalized spacial score (nSPS) is 16.5. The van der Waals surface area contributed by atoms with Crippen molar-refractivity contribution in [3.63, 3.8) is 0 Å². The second-order valence-electron chi connectivity index (χ2n) is 7.18. The number of hydrogen-bond acceptors (Lipinski definition) is 8. The molecule has 5 N–H and O–H groups in total. The number of nitrogens with one attached hydrogen (secondary N) is 3. The number of morpholine rings is 1. The molecule has 31 heavy (non-hydrogen) atoms. The summed E-state index contributed by atoms with van der Waals surface area (Å²) in [6, 6.07) is 16.5. The Kier molecular flexibility index (Phi) is 7.14. The number of nitrogens with zero attached hydrogens (tertiary/aromatic N) is 2. The fourth-order valence-corrected chi connectivity index (χ4v) is 3.92. The van der Waals surface area contributed by atoms with Crippen molar-refractivity contribution < 1.29 is 4.74 Å². The van der Waals surface area contributed by atoms with E-state index in [1.807, 2.05) is 36.9 Å². The van der Waals surface area contributed by atoms with Gasteiger partial charge in [-0.25, -0.2) is 4.99 Å². The lowest BCUT2D eigenvalue weighted by molar-refractivity contribution is 0.122. The molecule has 0 unspecified atom stereocenters. The number of rotatable bonds is 6. The van der Waals surface area contributed by atoms with E-state index in [4.69, 9.17) is 10.5 Å². The zero-order valence-corrected chi connectivity index (χ0v) is 18.4. The second-order valence-corrected chi connectivity index (χ2v) is 8.03. The summed E-state index contributed by atoms with van der Waals surface area (Å²) in [5.41, 5.74) is 10.9. The zero-order chi connectivity index (χ0) is 21.5. The largest absolute Gasteiger partial charge is 0.378 e. The van der Waals surface area contributed by atoms with Crippen molar-refractivity contribution in [2.24, 2.45) is 10.7 Å². The number of hydrogen-bond donors (Lipinski definition) is 4. The first kappa shape index (κ1) is 21.3. The molecule has 2 aromatic rings. The molecular weight excluding hydrogens is 408 g/mol. The van der Waals surface area contributed by atoms with Crippen LogP contribution in [0, 0.1) is 0 Å². The van der Waals surface area contributed by atoms with Gasteiger partial charge in [-0.15, -0.1) is 11.8 Å². The Labute approximate surface area is 187 Å². The number of anilines is 3. The molecule has 162 valence electrons. The van der Waals surface area contributed by atoms with E-state index < -0.39 is 0 Å². The van der Waals surface area contributed by atoms with Crippen LogP contribution in [0.2, 0.25) is 0 Å². The number of benzene rings is 2. The summed E-state index contributed by atoms with van der Waals surface area (Å²) in [4.78, 5) is 7.99. The Hall–Kier alpha value is -2.94. The van der Waals surface area contributed by atoms with Crippen molar-refractivity contribution in [2.45, 2.75) is 6.54 Å². The molecule has 4 rings (SSSR count). The summed E-state index contributed by atoms with van der Waals surface area (Å²) < 4.78 is 5.43. The van der Waals surface area contributed by atoms with Gasteiger partial charge >= 0.3 is 0 Å². The third kappa shape index (κ3) is 5.61. The molecule has 0 bridgehead atoms. The van der Waals surface area contributed by atoms with Gasteiger partial charge in [-0.1, -0.05) is 12.1 Å². The highest BCUT2D eigenvalue weighted by atomic mass is 32.2. The molecule has 2 aliphatic rings. The van der Waals surface area contributed by atoms with Gasteiger partial charge in [-0.05, 0) is 48.2 Å². The van der Waals surface area contributed by atoms with E-state index >= 15 is 0 Å². The third-order valence-corrected chi connectivity index (χ3v) is 5.87. The Bertz CT molecular complexity index is 980. The van der Waals surface area contributed by atoms with E-state index in [2.05, 4.69) is 56.2 Å². The second kappa shape index (κ2) is 10.4. The van der Waals surface area contributed by atoms with Crippen LogP contribution in [0.1, 0.15) is 5.56 Å². The van der Waals surface area contributed by atoms with Crippen molar-refractivity contribution in [3.05, 3.63) is 77.1 Å². The van der Waals surface area contributed by atoms with Crippen LogP contribution >= 0.6 is 11.8 Å². The lowest BCUT2D eigenvalue weighted by Gasteiger charge is -2.28. The van der Waals surface area contributed by atoms with Gasteiger partial charge in [0.05, 0.1) is 25.1 Å². The summed E-state index contributed by atoms with van der Waals surface area (Å²) in [5.74, 6) is 0.665. The molecule has 1 saturated heterocycles. The summed E-state index contributed by atoms with van der Waals surface area (Å²) in [5, 5.41) is 10.1. The fraction of sp³-hybridized carbons (Fsp3) is 0.261. The van der Waals surface area contributed by atoms with E-state index in [0.29, 0.717) is 12.5 Å². The fourth-order valence-electron chi connectivity index (χ4n) is 3.42. The number of ether oxygens (including phenoxy) is 1. The van der Waals surface area contributed by atoms with Gasteiger partial charge in [-0.3, -0.25) is 0 Å². The van der Waals surface area contributed by atoms with E-state index in [0.717, 1.165) is 53.8 Å². The van der Waals surface area contributed by atoms with Crippen LogP contribution in [-0.2, 0) is 11.3 Å². The van der Waals surface area contributed by atoms with E-state index in [-0.39, 0.29) is 0 Å². The minimum absolute atomic E-state index is 0.512. The summed E-state index contributed by atoms with van der Waals surface area (Å²) in [6.45, 7) is 3.93. The highest BCUT2D eigenvalue weighted by Gasteiger charge is 2.12. The van der Waals surface area contributed by atoms with Crippen LogP contribution in [-0.4, -0.2) is 38.5 Å². The van der Waals surface area contributed by atoms with Gasteiger partial charge in [-0.2, -0.15) is 0 Å². The standard InChI is InChI=1S/C23H28N6OS/c1-31-22-16-26-23(25-15-21(22)27-19-4-2-3-17(13-19)14-24)28-18-5-7-20(8-6-18)29-9-11-30-12-10-29/h2-8,13,15-16,27H,9-12,14,24H2,1H3,(H2,25,26,28). The molecule has 0 saturated carbocycles. The van der Waals surface area contributed by atoms with Crippen LogP contribution in [0.15, 0.2) is 76.5 Å². The first-order valence-corrected chi connectivity index (χ1v) is 11.5. The van der Waals surface area contributed by atoms with Crippen LogP contribution in [0.3, 0.4) is 0 Å². The van der Waals surface area contributed by atoms with E-state index in [9.17, 15) is 0 Å². The summed E-state index contributed by atoms with van der Waals surface area (Å²) in [7, 11) is 0. The van der Waals surface area contributed by atoms with Gasteiger partial charge in [0.2, 0.25) is 5.96 Å². The number of thioether (sulfide) groups is 1. The Morgan fingerprint density at radius 2 is 1.90 bits per heavy atom. The van der Waals surface area contributed by atoms with E-state index in [1.165, 1.54) is 5.69 Å². The maximum absolute atomic E-state index is 5.77. The highest BCUT2D eigenvalue weighted by Crippen LogP contribution is 2.25. The highest BCUT2D eigenvalue weighted by molar-refractivity contribution is 8.02. The third-order valence-electron chi connectivity index (χ3n) is 5.10. The first-order chi connectivity index (χ1) is 15.2. The lowest BCUT2D eigenvalue weighted by Crippen LogP contribution is -2.36. The smallest absolute Gasteiger partial charge is 0.204 e. The molecule has 2 heterocycles. The average Bonchev–Trinajstić information content (AvgIpc) is 3.02. The predicted molar refractivity (Wildman–Crippen MR) is 131 cm³/mol. The Morgan fingerprint density at radius 3 is 2.65 bits per heavy atom. The van der Waals surface area contributed by atoms with Gasteiger partial charge in [0.15, 0.2) is 0 Å². The van der Waals surface area contributed by atoms with Crippen molar-refractivity contribution in [3.8, 4) is 0 Å². The van der Waals surface area contributed by atoms with Gasteiger partial charge in [0, 0.05) is 47.8 Å². The van der Waals surface area contributed by atoms with Crippen molar-refractivity contribution in [1.82, 2.24) is 5.32 Å². The van der Waals surface area contributed by atoms with E-state index in [1.54, 1.807) is 11.8 Å². The minimum Gasteiger partial charge on any atom is -0.378 e. The Balaban J connectivity index is 1.46. The maximum Gasteiger partial charge on any atom is 0.204 e. The molecule has 2 aromatic carbocycles. The lowest BCUT2D eigenvalue weighted by atomic mass is 10.2. The molecule has 0 atom stereocenters.